The zero-order chi connectivity index (χ0) is 14.1. The number of nitrogens with one attached hydrogen (secondary N) is 1. The summed E-state index contributed by atoms with van der Waals surface area (Å²) in [6, 6.07) is 3.72. The van der Waals surface area contributed by atoms with Gasteiger partial charge in [0.1, 0.15) is 11.9 Å². The van der Waals surface area contributed by atoms with Crippen LogP contribution in [-0.2, 0) is 4.79 Å². The molecule has 1 amide bonds. The first kappa shape index (κ1) is 12.7. The highest BCUT2D eigenvalue weighted by Crippen LogP contribution is 2.27. The van der Waals surface area contributed by atoms with E-state index < -0.39 is 0 Å². The topological polar surface area (TPSA) is 85.8 Å². The molecule has 0 aliphatic heterocycles. The number of hydrogen-bond donors (Lipinski definition) is 2. The number of nitrogen functional groups attached to an aromatic ring is 1. The molecule has 1 saturated carbocycles. The van der Waals surface area contributed by atoms with Gasteiger partial charge in [-0.3, -0.25) is 4.79 Å². The summed E-state index contributed by atoms with van der Waals surface area (Å²) in [5.41, 5.74) is 7.48. The molecule has 0 spiro atoms. The quantitative estimate of drug-likeness (QED) is 0.879. The summed E-state index contributed by atoms with van der Waals surface area (Å²) >= 11 is 0. The van der Waals surface area contributed by atoms with Gasteiger partial charge in [0.15, 0.2) is 0 Å². The van der Waals surface area contributed by atoms with Gasteiger partial charge in [-0.2, -0.15) is 0 Å². The minimum Gasteiger partial charge on any atom is -0.383 e. The van der Waals surface area contributed by atoms with Gasteiger partial charge >= 0.3 is 0 Å². The zero-order valence-corrected chi connectivity index (χ0v) is 11.3. The minimum atomic E-state index is -0.326. The lowest BCUT2D eigenvalue weighted by atomic mass is 10.2. The van der Waals surface area contributed by atoms with E-state index in [0.717, 1.165) is 24.1 Å². The molecule has 2 heterocycles. The summed E-state index contributed by atoms with van der Waals surface area (Å²) in [4.78, 5) is 20.4. The smallest absolute Gasteiger partial charge is 0.243 e. The molecule has 3 N–H and O–H groups in total. The van der Waals surface area contributed by atoms with Crippen LogP contribution in [0.25, 0.3) is 11.3 Å². The number of anilines is 1. The Morgan fingerprint density at radius 3 is 3.05 bits per heavy atom. The van der Waals surface area contributed by atoms with Crippen molar-refractivity contribution in [2.75, 3.05) is 5.73 Å². The fourth-order valence-corrected chi connectivity index (χ4v) is 2.13. The largest absolute Gasteiger partial charge is 0.383 e. The molecule has 6 nitrogen and oxygen atoms in total. The number of imidazole rings is 1. The molecule has 1 unspecified atom stereocenters. The number of hydrogen-bond acceptors (Lipinski definition) is 4. The van der Waals surface area contributed by atoms with Crippen LogP contribution in [0.15, 0.2) is 30.9 Å². The average Bonchev–Trinajstić information content (AvgIpc) is 3.12. The SMILES string of the molecule is CC(C(=O)NC1CC1)n1cncc1-c1cccnc1N. The molecule has 6 heteroatoms. The lowest BCUT2D eigenvalue weighted by Crippen LogP contribution is -2.32. The van der Waals surface area contributed by atoms with E-state index in [4.69, 9.17) is 5.73 Å². The van der Waals surface area contributed by atoms with E-state index in [9.17, 15) is 4.79 Å². The third-order valence-corrected chi connectivity index (χ3v) is 3.50. The van der Waals surface area contributed by atoms with E-state index in [0.29, 0.717) is 11.9 Å². The summed E-state index contributed by atoms with van der Waals surface area (Å²) in [6.07, 6.45) is 7.14. The van der Waals surface area contributed by atoms with Crippen molar-refractivity contribution in [3.63, 3.8) is 0 Å². The molecule has 0 aromatic carbocycles. The Balaban J connectivity index is 1.89. The number of carbonyl (C=O) groups is 1. The van der Waals surface area contributed by atoms with Crippen molar-refractivity contribution >= 4 is 11.7 Å². The van der Waals surface area contributed by atoms with Crippen molar-refractivity contribution in [2.45, 2.75) is 31.8 Å². The van der Waals surface area contributed by atoms with Crippen LogP contribution in [0.4, 0.5) is 5.82 Å². The number of amides is 1. The maximum absolute atomic E-state index is 12.2. The number of rotatable bonds is 4. The second-order valence-electron chi connectivity index (χ2n) is 5.08. The monoisotopic (exact) mass is 271 g/mol. The third-order valence-electron chi connectivity index (χ3n) is 3.50. The Morgan fingerprint density at radius 1 is 1.55 bits per heavy atom. The molecule has 1 aliphatic carbocycles. The van der Waals surface area contributed by atoms with E-state index in [1.54, 1.807) is 18.7 Å². The van der Waals surface area contributed by atoms with E-state index in [1.807, 2.05) is 23.6 Å². The fraction of sp³-hybridized carbons (Fsp3) is 0.357. The van der Waals surface area contributed by atoms with Crippen LogP contribution < -0.4 is 11.1 Å². The van der Waals surface area contributed by atoms with Gasteiger partial charge in [-0.25, -0.2) is 9.97 Å². The van der Waals surface area contributed by atoms with Crippen LogP contribution in [0.1, 0.15) is 25.8 Å². The first-order chi connectivity index (χ1) is 9.66. The molecule has 0 radical (unpaired) electrons. The van der Waals surface area contributed by atoms with Crippen molar-refractivity contribution in [1.82, 2.24) is 19.9 Å². The van der Waals surface area contributed by atoms with Crippen molar-refractivity contribution < 1.29 is 4.79 Å². The number of aromatic nitrogens is 3. The van der Waals surface area contributed by atoms with Crippen molar-refractivity contribution in [1.29, 1.82) is 0 Å². The molecule has 0 saturated heterocycles. The predicted molar refractivity (Wildman–Crippen MR) is 75.7 cm³/mol. The van der Waals surface area contributed by atoms with E-state index >= 15 is 0 Å². The molecule has 104 valence electrons. The second kappa shape index (κ2) is 4.96. The maximum atomic E-state index is 12.2. The highest BCUT2D eigenvalue weighted by atomic mass is 16.2. The van der Waals surface area contributed by atoms with Gasteiger partial charge < -0.3 is 15.6 Å². The Hall–Kier alpha value is -2.37. The number of pyridine rings is 1. The molecule has 2 aromatic rings. The number of nitrogens with two attached hydrogens (primary N) is 1. The van der Waals surface area contributed by atoms with E-state index in [-0.39, 0.29) is 11.9 Å². The third kappa shape index (κ3) is 2.36. The summed E-state index contributed by atoms with van der Waals surface area (Å²) in [6.45, 7) is 1.86. The van der Waals surface area contributed by atoms with Crippen LogP contribution in [-0.4, -0.2) is 26.5 Å². The van der Waals surface area contributed by atoms with Crippen LogP contribution >= 0.6 is 0 Å². The van der Waals surface area contributed by atoms with E-state index in [2.05, 4.69) is 15.3 Å². The normalized spacial score (nSPS) is 15.8. The molecule has 0 bridgehead atoms. The lowest BCUT2D eigenvalue weighted by molar-refractivity contribution is -0.124. The summed E-state index contributed by atoms with van der Waals surface area (Å²) in [7, 11) is 0. The number of nitrogens with zero attached hydrogens (tertiary/aromatic N) is 3. The van der Waals surface area contributed by atoms with Gasteiger partial charge in [0.05, 0.1) is 18.2 Å². The van der Waals surface area contributed by atoms with Crippen molar-refractivity contribution in [3.8, 4) is 11.3 Å². The van der Waals surface area contributed by atoms with Gasteiger partial charge in [0.25, 0.3) is 0 Å². The molecule has 1 atom stereocenters. The standard InChI is InChI=1S/C14H17N5O/c1-9(14(20)18-10-4-5-10)19-8-16-7-12(19)11-3-2-6-17-13(11)15/h2-3,6-10H,4-5H2,1H3,(H2,15,17)(H,18,20). The van der Waals surface area contributed by atoms with Gasteiger partial charge in [-0.05, 0) is 31.9 Å². The highest BCUT2D eigenvalue weighted by Gasteiger charge is 2.27. The highest BCUT2D eigenvalue weighted by molar-refractivity contribution is 5.82. The molecular formula is C14H17N5O. The molecule has 2 aromatic heterocycles. The molecule has 20 heavy (non-hydrogen) atoms. The average molecular weight is 271 g/mol. The van der Waals surface area contributed by atoms with Gasteiger partial charge in [-0.15, -0.1) is 0 Å². The Labute approximate surface area is 117 Å². The van der Waals surface area contributed by atoms with Gasteiger partial charge in [0.2, 0.25) is 5.91 Å². The Morgan fingerprint density at radius 2 is 2.35 bits per heavy atom. The second-order valence-corrected chi connectivity index (χ2v) is 5.08. The Kier molecular flexibility index (Phi) is 3.14. The first-order valence-electron chi connectivity index (χ1n) is 6.70. The number of carbonyl (C=O) groups excluding carboxylic acids is 1. The van der Waals surface area contributed by atoms with Crippen LogP contribution in [0, 0.1) is 0 Å². The Bertz CT molecular complexity index is 632. The maximum Gasteiger partial charge on any atom is 0.243 e. The summed E-state index contributed by atoms with van der Waals surface area (Å²) < 4.78 is 1.82. The van der Waals surface area contributed by atoms with Gasteiger partial charge in [0, 0.05) is 17.8 Å². The molecule has 1 fully saturated rings. The summed E-state index contributed by atoms with van der Waals surface area (Å²) in [5, 5.41) is 3.00. The van der Waals surface area contributed by atoms with E-state index in [1.165, 1.54) is 0 Å². The molecule has 1 aliphatic rings. The zero-order valence-electron chi connectivity index (χ0n) is 11.3. The van der Waals surface area contributed by atoms with Crippen molar-refractivity contribution in [2.24, 2.45) is 0 Å². The first-order valence-corrected chi connectivity index (χ1v) is 6.70. The minimum absolute atomic E-state index is 0.00853. The summed E-state index contributed by atoms with van der Waals surface area (Å²) in [5.74, 6) is 0.443. The molecule has 3 rings (SSSR count). The van der Waals surface area contributed by atoms with Gasteiger partial charge in [-0.1, -0.05) is 0 Å². The molecular weight excluding hydrogens is 254 g/mol. The van der Waals surface area contributed by atoms with Crippen molar-refractivity contribution in [3.05, 3.63) is 30.9 Å². The predicted octanol–water partition coefficient (Wildman–Crippen LogP) is 1.37. The lowest BCUT2D eigenvalue weighted by Gasteiger charge is -2.16. The fourth-order valence-electron chi connectivity index (χ4n) is 2.13. The van der Waals surface area contributed by atoms with Crippen LogP contribution in [0.5, 0.6) is 0 Å². The van der Waals surface area contributed by atoms with Crippen LogP contribution in [0.2, 0.25) is 0 Å². The van der Waals surface area contributed by atoms with Crippen LogP contribution in [0.3, 0.4) is 0 Å².